The van der Waals surface area contributed by atoms with Gasteiger partial charge in [0, 0.05) is 6.20 Å². The summed E-state index contributed by atoms with van der Waals surface area (Å²) < 4.78 is 4.84. The summed E-state index contributed by atoms with van der Waals surface area (Å²) in [6.45, 7) is 7.29. The molecule has 0 radical (unpaired) electrons. The minimum absolute atomic E-state index is 0.231. The number of methoxy groups -OCH3 is 1. The largest absolute Gasteiger partial charge is 0.480 e. The van der Waals surface area contributed by atoms with Crippen LogP contribution in [0.25, 0.3) is 0 Å². The van der Waals surface area contributed by atoms with Gasteiger partial charge in [-0.3, -0.25) is 0 Å². The third-order valence-corrected chi connectivity index (χ3v) is 1.03. The van der Waals surface area contributed by atoms with Gasteiger partial charge in [0.25, 0.3) is 0 Å². The molecule has 0 N–H and O–H groups in total. The van der Waals surface area contributed by atoms with Crippen molar-refractivity contribution in [2.24, 2.45) is 4.99 Å². The fourth-order valence-electron chi connectivity index (χ4n) is 0.489. The summed E-state index contributed by atoms with van der Waals surface area (Å²) in [6, 6.07) is 1.86. The van der Waals surface area contributed by atoms with Crippen molar-refractivity contribution in [3.8, 4) is 6.07 Å². The van der Waals surface area contributed by atoms with Crippen LogP contribution in [-0.4, -0.2) is 13.0 Å². The van der Waals surface area contributed by atoms with Crippen molar-refractivity contribution >= 4 is 5.90 Å². The Labute approximate surface area is 72.7 Å². The van der Waals surface area contributed by atoms with Gasteiger partial charge >= 0.3 is 0 Å². The van der Waals surface area contributed by atoms with E-state index in [0.717, 1.165) is 5.57 Å². The van der Waals surface area contributed by atoms with E-state index < -0.39 is 0 Å². The van der Waals surface area contributed by atoms with Crippen LogP contribution >= 0.6 is 0 Å². The highest BCUT2D eigenvalue weighted by atomic mass is 16.5. The van der Waals surface area contributed by atoms with Crippen molar-refractivity contribution in [1.82, 2.24) is 0 Å². The van der Waals surface area contributed by atoms with Gasteiger partial charge in [0.2, 0.25) is 5.90 Å². The first-order valence-electron chi connectivity index (χ1n) is 3.46. The van der Waals surface area contributed by atoms with E-state index in [-0.39, 0.29) is 11.5 Å². The van der Waals surface area contributed by atoms with Crippen LogP contribution in [0.3, 0.4) is 0 Å². The molecule has 0 aliphatic heterocycles. The molecule has 0 atom stereocenters. The van der Waals surface area contributed by atoms with Gasteiger partial charge in [-0.05, 0) is 13.8 Å². The Balaban J connectivity index is 4.58. The quantitative estimate of drug-likeness (QED) is 0.356. The molecule has 0 heterocycles. The lowest BCUT2D eigenvalue weighted by Gasteiger charge is -1.98. The highest BCUT2D eigenvalue weighted by Gasteiger charge is 2.00. The van der Waals surface area contributed by atoms with Crippen LogP contribution < -0.4 is 0 Å². The van der Waals surface area contributed by atoms with E-state index in [9.17, 15) is 0 Å². The maximum atomic E-state index is 8.47. The predicted octanol–water partition coefficient (Wildman–Crippen LogP) is 2.03. The average Bonchev–Trinajstić information content (AvgIpc) is 2.04. The van der Waals surface area contributed by atoms with Gasteiger partial charge < -0.3 is 4.74 Å². The molecule has 0 saturated carbocycles. The fourth-order valence-corrected chi connectivity index (χ4v) is 0.489. The van der Waals surface area contributed by atoms with E-state index in [1.807, 2.05) is 19.9 Å². The van der Waals surface area contributed by atoms with Crippen LogP contribution in [0.4, 0.5) is 0 Å². The van der Waals surface area contributed by atoms with E-state index in [0.29, 0.717) is 0 Å². The van der Waals surface area contributed by atoms with Crippen LogP contribution in [-0.2, 0) is 4.74 Å². The van der Waals surface area contributed by atoms with Crippen molar-refractivity contribution in [1.29, 1.82) is 5.26 Å². The molecule has 0 saturated heterocycles. The zero-order valence-electron chi connectivity index (χ0n) is 7.59. The molecule has 3 heteroatoms. The number of nitrogens with zero attached hydrogens (tertiary/aromatic N) is 2. The van der Waals surface area contributed by atoms with Crippen molar-refractivity contribution in [3.63, 3.8) is 0 Å². The molecule has 0 aromatic heterocycles. The van der Waals surface area contributed by atoms with Gasteiger partial charge in [-0.1, -0.05) is 12.2 Å². The van der Waals surface area contributed by atoms with Gasteiger partial charge in [-0.15, -0.1) is 0 Å². The summed E-state index contributed by atoms with van der Waals surface area (Å²) in [5, 5.41) is 8.47. The summed E-state index contributed by atoms with van der Waals surface area (Å²) in [7, 11) is 1.46. The van der Waals surface area contributed by atoms with Crippen LogP contribution in [0.1, 0.15) is 13.8 Å². The smallest absolute Gasteiger partial charge is 0.230 e. The molecule has 3 nitrogen and oxygen atoms in total. The van der Waals surface area contributed by atoms with Crippen LogP contribution in [0.2, 0.25) is 0 Å². The average molecular weight is 164 g/mol. The monoisotopic (exact) mass is 164 g/mol. The third kappa shape index (κ3) is 3.57. The normalized spacial score (nSPS) is 10.0. The minimum atomic E-state index is 0.231. The van der Waals surface area contributed by atoms with Gasteiger partial charge in [-0.25, -0.2) is 4.99 Å². The molecule has 0 aromatic carbocycles. The fraction of sp³-hybridized carbons (Fsp3) is 0.333. The number of hydrogen-bond donors (Lipinski definition) is 0. The number of hydrogen-bond acceptors (Lipinski definition) is 3. The van der Waals surface area contributed by atoms with Crippen LogP contribution in [0.5, 0.6) is 0 Å². The lowest BCUT2D eigenvalue weighted by atomic mass is 10.3. The maximum Gasteiger partial charge on any atom is 0.230 e. The number of aliphatic imine (C=N–C) groups is 1. The van der Waals surface area contributed by atoms with E-state index >= 15 is 0 Å². The molecule has 0 aromatic rings. The Bertz CT molecular complexity index is 265. The number of allylic oxidation sites excluding steroid dienone is 1. The second-order valence-corrected chi connectivity index (χ2v) is 2.44. The van der Waals surface area contributed by atoms with E-state index in [1.165, 1.54) is 7.11 Å². The topological polar surface area (TPSA) is 45.4 Å². The summed E-state index contributed by atoms with van der Waals surface area (Å²) >= 11 is 0. The summed E-state index contributed by atoms with van der Waals surface area (Å²) in [5.41, 5.74) is 1.27. The van der Waals surface area contributed by atoms with Crippen molar-refractivity contribution < 1.29 is 4.74 Å². The van der Waals surface area contributed by atoms with Crippen molar-refractivity contribution in [2.45, 2.75) is 13.8 Å². The molecule has 0 amide bonds. The number of nitriles is 1. The lowest BCUT2D eigenvalue weighted by molar-refractivity contribution is 0.405. The first kappa shape index (κ1) is 10.4. The second kappa shape index (κ2) is 5.14. The number of ether oxygens (including phenoxy) is 1. The van der Waals surface area contributed by atoms with E-state index in [2.05, 4.69) is 11.6 Å². The zero-order chi connectivity index (χ0) is 9.56. The Hall–Kier alpha value is -1.56. The minimum Gasteiger partial charge on any atom is -0.480 e. The molecule has 0 unspecified atom stereocenters. The zero-order valence-corrected chi connectivity index (χ0v) is 7.59. The predicted molar refractivity (Wildman–Crippen MR) is 48.6 cm³/mol. The summed E-state index contributed by atoms with van der Waals surface area (Å²) in [5.74, 6) is 0.263. The Morgan fingerprint density at radius 3 is 2.50 bits per heavy atom. The highest BCUT2D eigenvalue weighted by molar-refractivity contribution is 5.96. The maximum absolute atomic E-state index is 8.47. The first-order valence-corrected chi connectivity index (χ1v) is 3.46. The number of rotatable bonds is 2. The second-order valence-electron chi connectivity index (χ2n) is 2.44. The Morgan fingerprint density at radius 2 is 2.17 bits per heavy atom. The van der Waals surface area contributed by atoms with E-state index in [1.54, 1.807) is 6.20 Å². The van der Waals surface area contributed by atoms with Crippen molar-refractivity contribution in [2.75, 3.05) is 7.11 Å². The molecule has 0 bridgehead atoms. The SMILES string of the molecule is C=C(C#N)C(=NC=C(C)C)OC. The third-order valence-electron chi connectivity index (χ3n) is 1.03. The summed E-state index contributed by atoms with van der Waals surface area (Å²) in [4.78, 5) is 3.92. The van der Waals surface area contributed by atoms with Crippen LogP contribution in [0.15, 0.2) is 28.9 Å². The van der Waals surface area contributed by atoms with Crippen LogP contribution in [0, 0.1) is 11.3 Å². The van der Waals surface area contributed by atoms with Crippen molar-refractivity contribution in [3.05, 3.63) is 23.9 Å². The Morgan fingerprint density at radius 1 is 1.58 bits per heavy atom. The molecule has 0 aliphatic rings. The molecule has 0 spiro atoms. The molecule has 0 aliphatic carbocycles. The summed E-state index contributed by atoms with van der Waals surface area (Å²) in [6.07, 6.45) is 1.63. The molecule has 0 fully saturated rings. The molecular formula is C9H12N2O. The standard InChI is InChI=1S/C9H12N2O/c1-7(2)6-11-9(12-4)8(3)5-10/h6H,3H2,1-2,4H3. The van der Waals surface area contributed by atoms with Gasteiger partial charge in [0.15, 0.2) is 0 Å². The first-order chi connectivity index (χ1) is 5.61. The van der Waals surface area contributed by atoms with E-state index in [4.69, 9.17) is 10.00 Å². The highest BCUT2D eigenvalue weighted by Crippen LogP contribution is 1.97. The van der Waals surface area contributed by atoms with Gasteiger partial charge in [0.1, 0.15) is 11.6 Å². The molecule has 64 valence electrons. The lowest BCUT2D eigenvalue weighted by Crippen LogP contribution is -2.01. The Kier molecular flexibility index (Phi) is 4.47. The molecule has 12 heavy (non-hydrogen) atoms. The van der Waals surface area contributed by atoms with Gasteiger partial charge in [-0.2, -0.15) is 5.26 Å². The van der Waals surface area contributed by atoms with Gasteiger partial charge in [0.05, 0.1) is 7.11 Å². The molecule has 0 rings (SSSR count). The molecular weight excluding hydrogens is 152 g/mol.